The van der Waals surface area contributed by atoms with Gasteiger partial charge in [-0.3, -0.25) is 0 Å². The van der Waals surface area contributed by atoms with Gasteiger partial charge in [0.05, 0.1) is 18.8 Å². The Balaban J connectivity index is 1.91. The lowest BCUT2D eigenvalue weighted by atomic mass is 9.84. The fraction of sp³-hybridized carbons (Fsp3) is 0.458. The Morgan fingerprint density at radius 1 is 1.15 bits per heavy atom. The van der Waals surface area contributed by atoms with Crippen LogP contribution in [0.25, 0.3) is 0 Å². The first kappa shape index (κ1) is 24.9. The van der Waals surface area contributed by atoms with Gasteiger partial charge >= 0.3 is 12.2 Å². The highest BCUT2D eigenvalue weighted by molar-refractivity contribution is 5.92. The van der Waals surface area contributed by atoms with Crippen LogP contribution in [-0.2, 0) is 16.6 Å². The normalized spacial score (nSPS) is 19.1. The van der Waals surface area contributed by atoms with Crippen LogP contribution in [0.3, 0.4) is 0 Å². The van der Waals surface area contributed by atoms with E-state index in [0.717, 1.165) is 11.1 Å². The first-order chi connectivity index (χ1) is 15.4. The molecule has 0 bridgehead atoms. The summed E-state index contributed by atoms with van der Waals surface area (Å²) in [5.74, 6) is -0.249. The third-order valence-corrected chi connectivity index (χ3v) is 5.78. The van der Waals surface area contributed by atoms with Crippen molar-refractivity contribution in [1.29, 1.82) is 0 Å². The SMILES string of the molecule is COc1c(NC(=O)NC2Cc3ccccc3C2OC)cc(C(C)(C)C)cc1C(O)C(F)(F)F. The molecular weight excluding hydrogens is 437 g/mol. The number of carbonyl (C=O) groups is 1. The molecule has 0 aliphatic heterocycles. The first-order valence-corrected chi connectivity index (χ1v) is 10.5. The number of hydrogen-bond donors (Lipinski definition) is 3. The van der Waals surface area contributed by atoms with Crippen molar-refractivity contribution >= 4 is 11.7 Å². The van der Waals surface area contributed by atoms with Crippen LogP contribution in [0.2, 0.25) is 0 Å². The zero-order valence-electron chi connectivity index (χ0n) is 19.2. The number of amides is 2. The molecule has 3 N–H and O–H groups in total. The Kier molecular flexibility index (Phi) is 6.95. The molecule has 2 amide bonds. The average molecular weight is 467 g/mol. The van der Waals surface area contributed by atoms with Crippen molar-refractivity contribution in [3.05, 3.63) is 58.7 Å². The standard InChI is InChI=1S/C24H29F3N2O4/c1-23(2,3)14-11-16(21(30)24(25,26)27)20(33-5)18(12-14)29-22(31)28-17-10-13-8-6-7-9-15(13)19(17)32-4/h6-9,11-12,17,19,21,30H,10H2,1-5H3,(H2,28,29,31). The van der Waals surface area contributed by atoms with Crippen LogP contribution >= 0.6 is 0 Å². The monoisotopic (exact) mass is 466 g/mol. The van der Waals surface area contributed by atoms with Crippen molar-refractivity contribution in [3.8, 4) is 5.75 Å². The molecular formula is C24H29F3N2O4. The number of ether oxygens (including phenoxy) is 2. The summed E-state index contributed by atoms with van der Waals surface area (Å²) in [6, 6.07) is 9.53. The molecule has 3 atom stereocenters. The van der Waals surface area contributed by atoms with E-state index in [1.807, 2.05) is 45.0 Å². The van der Waals surface area contributed by atoms with E-state index in [1.54, 1.807) is 13.2 Å². The fourth-order valence-corrected chi connectivity index (χ4v) is 4.09. The van der Waals surface area contributed by atoms with Gasteiger partial charge in [0.2, 0.25) is 0 Å². The molecule has 33 heavy (non-hydrogen) atoms. The van der Waals surface area contributed by atoms with E-state index in [2.05, 4.69) is 10.6 Å². The molecule has 0 spiro atoms. The second-order valence-electron chi connectivity index (χ2n) is 9.10. The lowest BCUT2D eigenvalue weighted by Gasteiger charge is -2.26. The summed E-state index contributed by atoms with van der Waals surface area (Å²) in [6.45, 7) is 5.46. The second-order valence-corrected chi connectivity index (χ2v) is 9.10. The smallest absolute Gasteiger partial charge is 0.418 e. The van der Waals surface area contributed by atoms with Gasteiger partial charge in [-0.2, -0.15) is 13.2 Å². The van der Waals surface area contributed by atoms with Crippen LogP contribution in [0.5, 0.6) is 5.75 Å². The Morgan fingerprint density at radius 3 is 2.39 bits per heavy atom. The molecule has 0 aromatic heterocycles. The predicted molar refractivity (Wildman–Crippen MR) is 119 cm³/mol. The van der Waals surface area contributed by atoms with Gasteiger partial charge in [0, 0.05) is 12.7 Å². The third kappa shape index (κ3) is 5.25. The fourth-order valence-electron chi connectivity index (χ4n) is 4.09. The van der Waals surface area contributed by atoms with Crippen molar-refractivity contribution in [2.24, 2.45) is 0 Å². The maximum atomic E-state index is 13.3. The van der Waals surface area contributed by atoms with E-state index in [0.29, 0.717) is 12.0 Å². The minimum absolute atomic E-state index is 0.0326. The Hall–Kier alpha value is -2.78. The Morgan fingerprint density at radius 2 is 1.82 bits per heavy atom. The molecule has 0 saturated heterocycles. The molecule has 1 aliphatic carbocycles. The van der Waals surface area contributed by atoms with Crippen LogP contribution in [0.1, 0.15) is 55.2 Å². The molecule has 0 saturated carbocycles. The lowest BCUT2D eigenvalue weighted by molar-refractivity contribution is -0.207. The topological polar surface area (TPSA) is 79.8 Å². The summed E-state index contributed by atoms with van der Waals surface area (Å²) in [4.78, 5) is 12.9. The minimum atomic E-state index is -4.90. The Bertz CT molecular complexity index is 1020. The third-order valence-electron chi connectivity index (χ3n) is 5.78. The number of alkyl halides is 3. The number of methoxy groups -OCH3 is 2. The van der Waals surface area contributed by atoms with Gasteiger partial charge in [0.1, 0.15) is 11.9 Å². The summed E-state index contributed by atoms with van der Waals surface area (Å²) < 4.78 is 50.8. The zero-order chi connectivity index (χ0) is 24.6. The highest BCUT2D eigenvalue weighted by Crippen LogP contribution is 2.43. The lowest BCUT2D eigenvalue weighted by Crippen LogP contribution is -2.41. The molecule has 3 unspecified atom stereocenters. The number of fused-ring (bicyclic) bond motifs is 1. The van der Waals surface area contributed by atoms with Crippen LogP contribution in [0.4, 0.5) is 23.7 Å². The average Bonchev–Trinajstić information content (AvgIpc) is 3.07. The van der Waals surface area contributed by atoms with E-state index in [1.165, 1.54) is 13.2 Å². The molecule has 0 fully saturated rings. The predicted octanol–water partition coefficient (Wildman–Crippen LogP) is 5.02. The molecule has 0 heterocycles. The molecule has 1 aliphatic rings. The van der Waals surface area contributed by atoms with Gasteiger partial charge in [-0.1, -0.05) is 45.0 Å². The van der Waals surface area contributed by atoms with Crippen molar-refractivity contribution in [2.45, 2.75) is 57.0 Å². The molecule has 0 radical (unpaired) electrons. The largest absolute Gasteiger partial charge is 0.494 e. The maximum Gasteiger partial charge on any atom is 0.418 e. The molecule has 3 rings (SSSR count). The number of benzene rings is 2. The van der Waals surface area contributed by atoms with Gasteiger partial charge in [-0.25, -0.2) is 4.79 Å². The number of aliphatic hydroxyl groups excluding tert-OH is 1. The number of hydrogen-bond acceptors (Lipinski definition) is 4. The number of nitrogens with one attached hydrogen (secondary N) is 2. The summed E-state index contributed by atoms with van der Waals surface area (Å²) >= 11 is 0. The van der Waals surface area contributed by atoms with Gasteiger partial charge < -0.3 is 25.2 Å². The Labute approximate surface area is 191 Å². The van der Waals surface area contributed by atoms with Crippen LogP contribution in [-0.4, -0.2) is 37.6 Å². The van der Waals surface area contributed by atoms with E-state index in [-0.39, 0.29) is 23.6 Å². The number of halogens is 3. The van der Waals surface area contributed by atoms with E-state index >= 15 is 0 Å². The van der Waals surface area contributed by atoms with Crippen molar-refractivity contribution in [1.82, 2.24) is 5.32 Å². The summed E-state index contributed by atoms with van der Waals surface area (Å²) in [5, 5.41) is 15.4. The van der Waals surface area contributed by atoms with Gasteiger partial charge in [-0.05, 0) is 40.7 Å². The highest BCUT2D eigenvalue weighted by atomic mass is 19.4. The summed E-state index contributed by atoms with van der Waals surface area (Å²) in [5.41, 5.74) is 1.56. The summed E-state index contributed by atoms with van der Waals surface area (Å²) in [6.07, 6.45) is -7.46. The minimum Gasteiger partial charge on any atom is -0.494 e. The second kappa shape index (κ2) is 9.23. The van der Waals surface area contributed by atoms with Gasteiger partial charge in [0.15, 0.2) is 6.10 Å². The number of anilines is 1. The molecule has 2 aromatic rings. The number of urea groups is 1. The number of carbonyl (C=O) groups excluding carboxylic acids is 1. The van der Waals surface area contributed by atoms with Gasteiger partial charge in [0.25, 0.3) is 0 Å². The quantitative estimate of drug-likeness (QED) is 0.578. The zero-order valence-corrected chi connectivity index (χ0v) is 19.2. The van der Waals surface area contributed by atoms with E-state index < -0.39 is 29.3 Å². The molecule has 9 heteroatoms. The van der Waals surface area contributed by atoms with Crippen molar-refractivity contribution in [3.63, 3.8) is 0 Å². The molecule has 180 valence electrons. The van der Waals surface area contributed by atoms with Crippen LogP contribution in [0.15, 0.2) is 36.4 Å². The number of rotatable bonds is 5. The maximum absolute atomic E-state index is 13.3. The van der Waals surface area contributed by atoms with Gasteiger partial charge in [-0.15, -0.1) is 0 Å². The highest BCUT2D eigenvalue weighted by Gasteiger charge is 2.42. The summed E-state index contributed by atoms with van der Waals surface area (Å²) in [7, 11) is 2.75. The van der Waals surface area contributed by atoms with E-state index in [9.17, 15) is 23.1 Å². The van der Waals surface area contributed by atoms with Crippen molar-refractivity contribution < 1.29 is 32.5 Å². The molecule has 6 nitrogen and oxygen atoms in total. The van der Waals surface area contributed by atoms with Crippen LogP contribution < -0.4 is 15.4 Å². The van der Waals surface area contributed by atoms with Crippen molar-refractivity contribution in [2.75, 3.05) is 19.5 Å². The number of aliphatic hydroxyl groups is 1. The molecule has 2 aromatic carbocycles. The first-order valence-electron chi connectivity index (χ1n) is 10.5. The van der Waals surface area contributed by atoms with Crippen LogP contribution in [0, 0.1) is 0 Å². The van der Waals surface area contributed by atoms with E-state index in [4.69, 9.17) is 9.47 Å².